The van der Waals surface area contributed by atoms with E-state index in [2.05, 4.69) is 14.9 Å². The topological polar surface area (TPSA) is 46.1 Å². The minimum absolute atomic E-state index is 0.140. The second-order valence-electron chi connectivity index (χ2n) is 3.94. The number of ketones is 1. The lowest BCUT2D eigenvalue weighted by molar-refractivity contribution is -0.116. The molecule has 1 aliphatic rings. The van der Waals surface area contributed by atoms with Crippen LogP contribution in [0.3, 0.4) is 0 Å². The van der Waals surface area contributed by atoms with Crippen LogP contribution in [0.4, 0.5) is 5.82 Å². The fourth-order valence-electron chi connectivity index (χ4n) is 1.86. The fourth-order valence-corrected chi connectivity index (χ4v) is 1.86. The van der Waals surface area contributed by atoms with Crippen LogP contribution in [-0.4, -0.2) is 28.8 Å². The van der Waals surface area contributed by atoms with Gasteiger partial charge in [-0.15, -0.1) is 0 Å². The SMILES string of the molecule is CC(=O)Cc1cc(N2CCCC2)ncn1. The average molecular weight is 205 g/mol. The number of rotatable bonds is 3. The van der Waals surface area contributed by atoms with Gasteiger partial charge in [0.15, 0.2) is 0 Å². The summed E-state index contributed by atoms with van der Waals surface area (Å²) in [5.41, 5.74) is 0.819. The number of aromatic nitrogens is 2. The molecule has 0 N–H and O–H groups in total. The lowest BCUT2D eigenvalue weighted by atomic mass is 10.2. The number of hydrogen-bond acceptors (Lipinski definition) is 4. The van der Waals surface area contributed by atoms with Crippen LogP contribution in [0.2, 0.25) is 0 Å². The number of nitrogens with zero attached hydrogens (tertiary/aromatic N) is 3. The molecule has 4 nitrogen and oxygen atoms in total. The van der Waals surface area contributed by atoms with Gasteiger partial charge >= 0.3 is 0 Å². The smallest absolute Gasteiger partial charge is 0.135 e. The van der Waals surface area contributed by atoms with E-state index in [1.807, 2.05) is 6.07 Å². The van der Waals surface area contributed by atoms with Crippen LogP contribution in [0.1, 0.15) is 25.5 Å². The quantitative estimate of drug-likeness (QED) is 0.744. The number of anilines is 1. The van der Waals surface area contributed by atoms with Crippen molar-refractivity contribution in [2.45, 2.75) is 26.2 Å². The summed E-state index contributed by atoms with van der Waals surface area (Å²) < 4.78 is 0. The third-order valence-corrected chi connectivity index (χ3v) is 2.57. The molecule has 0 saturated carbocycles. The first-order valence-electron chi connectivity index (χ1n) is 5.31. The van der Waals surface area contributed by atoms with Crippen LogP contribution in [0.15, 0.2) is 12.4 Å². The summed E-state index contributed by atoms with van der Waals surface area (Å²) >= 11 is 0. The van der Waals surface area contributed by atoms with Crippen molar-refractivity contribution in [1.82, 2.24) is 9.97 Å². The van der Waals surface area contributed by atoms with Gasteiger partial charge in [-0.3, -0.25) is 4.79 Å². The Morgan fingerprint density at radius 1 is 1.40 bits per heavy atom. The van der Waals surface area contributed by atoms with Crippen LogP contribution < -0.4 is 4.90 Å². The maximum Gasteiger partial charge on any atom is 0.135 e. The fraction of sp³-hybridized carbons (Fsp3) is 0.545. The van der Waals surface area contributed by atoms with E-state index >= 15 is 0 Å². The van der Waals surface area contributed by atoms with Gasteiger partial charge in [0, 0.05) is 25.6 Å². The largest absolute Gasteiger partial charge is 0.357 e. The molecule has 0 bridgehead atoms. The minimum atomic E-state index is 0.140. The lowest BCUT2D eigenvalue weighted by Gasteiger charge is -2.16. The Morgan fingerprint density at radius 3 is 2.80 bits per heavy atom. The highest BCUT2D eigenvalue weighted by Gasteiger charge is 2.14. The Morgan fingerprint density at radius 2 is 2.13 bits per heavy atom. The minimum Gasteiger partial charge on any atom is -0.357 e. The molecule has 15 heavy (non-hydrogen) atoms. The zero-order valence-electron chi connectivity index (χ0n) is 8.94. The summed E-state index contributed by atoms with van der Waals surface area (Å²) in [5.74, 6) is 1.10. The van der Waals surface area contributed by atoms with E-state index in [9.17, 15) is 4.79 Å². The molecule has 80 valence electrons. The van der Waals surface area contributed by atoms with E-state index in [4.69, 9.17) is 0 Å². The Hall–Kier alpha value is -1.45. The number of hydrogen-bond donors (Lipinski definition) is 0. The number of Topliss-reactive ketones (excluding diaryl/α,β-unsaturated/α-hetero) is 1. The molecule has 1 fully saturated rings. The number of carbonyl (C=O) groups excluding carboxylic acids is 1. The van der Waals surface area contributed by atoms with E-state index in [0.29, 0.717) is 6.42 Å². The van der Waals surface area contributed by atoms with Crippen molar-refractivity contribution in [3.63, 3.8) is 0 Å². The molecule has 2 heterocycles. The van der Waals surface area contributed by atoms with Gasteiger partial charge in [-0.2, -0.15) is 0 Å². The molecule has 1 aliphatic heterocycles. The predicted octanol–water partition coefficient (Wildman–Crippen LogP) is 1.21. The Bertz CT molecular complexity index is 359. The summed E-state index contributed by atoms with van der Waals surface area (Å²) in [7, 11) is 0. The molecule has 1 saturated heterocycles. The van der Waals surface area contributed by atoms with Crippen molar-refractivity contribution in [2.24, 2.45) is 0 Å². The summed E-state index contributed by atoms with van der Waals surface area (Å²) in [5, 5.41) is 0. The average Bonchev–Trinajstić information content (AvgIpc) is 2.69. The molecule has 0 aromatic carbocycles. The van der Waals surface area contributed by atoms with E-state index in [-0.39, 0.29) is 5.78 Å². The lowest BCUT2D eigenvalue weighted by Crippen LogP contribution is -2.19. The van der Waals surface area contributed by atoms with Crippen molar-refractivity contribution in [1.29, 1.82) is 0 Å². The summed E-state index contributed by atoms with van der Waals surface area (Å²) in [6, 6.07) is 1.92. The first-order chi connectivity index (χ1) is 7.25. The standard InChI is InChI=1S/C11H15N3O/c1-9(15)6-10-7-11(13-8-12-10)14-4-2-3-5-14/h7-8H,2-6H2,1H3. The summed E-state index contributed by atoms with van der Waals surface area (Å²) in [6.45, 7) is 3.71. The molecule has 0 unspecified atom stereocenters. The first kappa shape index (κ1) is 10.1. The van der Waals surface area contributed by atoms with Gasteiger partial charge in [-0.05, 0) is 19.8 Å². The van der Waals surface area contributed by atoms with Crippen LogP contribution in [-0.2, 0) is 11.2 Å². The highest BCUT2D eigenvalue weighted by molar-refractivity contribution is 5.77. The van der Waals surface area contributed by atoms with E-state index < -0.39 is 0 Å². The van der Waals surface area contributed by atoms with Crippen molar-refractivity contribution >= 4 is 11.6 Å². The summed E-state index contributed by atoms with van der Waals surface area (Å²) in [6.07, 6.45) is 4.41. The zero-order valence-corrected chi connectivity index (χ0v) is 8.94. The van der Waals surface area contributed by atoms with Gasteiger partial charge < -0.3 is 4.90 Å². The molecule has 2 rings (SSSR count). The van der Waals surface area contributed by atoms with Crippen LogP contribution in [0, 0.1) is 0 Å². The molecule has 0 atom stereocenters. The van der Waals surface area contributed by atoms with Gasteiger partial charge in [-0.1, -0.05) is 0 Å². The molecule has 1 aromatic heterocycles. The summed E-state index contributed by atoms with van der Waals surface area (Å²) in [4.78, 5) is 21.5. The maximum atomic E-state index is 11.0. The van der Waals surface area contributed by atoms with Crippen molar-refractivity contribution in [3.8, 4) is 0 Å². The third kappa shape index (κ3) is 2.52. The van der Waals surface area contributed by atoms with E-state index in [1.54, 1.807) is 13.3 Å². The Balaban J connectivity index is 2.14. The molecule has 1 aromatic rings. The second-order valence-corrected chi connectivity index (χ2v) is 3.94. The molecular weight excluding hydrogens is 190 g/mol. The van der Waals surface area contributed by atoms with Crippen molar-refractivity contribution in [2.75, 3.05) is 18.0 Å². The second kappa shape index (κ2) is 4.38. The molecule has 0 amide bonds. The molecular formula is C11H15N3O. The van der Waals surface area contributed by atoms with Gasteiger partial charge in [-0.25, -0.2) is 9.97 Å². The van der Waals surface area contributed by atoms with E-state index in [0.717, 1.165) is 24.6 Å². The van der Waals surface area contributed by atoms with Gasteiger partial charge in [0.2, 0.25) is 0 Å². The Kier molecular flexibility index (Phi) is 2.94. The monoisotopic (exact) mass is 205 g/mol. The Labute approximate surface area is 89.3 Å². The van der Waals surface area contributed by atoms with Crippen molar-refractivity contribution in [3.05, 3.63) is 18.1 Å². The van der Waals surface area contributed by atoms with Crippen LogP contribution >= 0.6 is 0 Å². The molecule has 4 heteroatoms. The van der Waals surface area contributed by atoms with Gasteiger partial charge in [0.1, 0.15) is 17.9 Å². The molecule has 0 spiro atoms. The number of carbonyl (C=O) groups is 1. The molecule has 0 aliphatic carbocycles. The first-order valence-corrected chi connectivity index (χ1v) is 5.31. The third-order valence-electron chi connectivity index (χ3n) is 2.57. The van der Waals surface area contributed by atoms with Gasteiger partial charge in [0.25, 0.3) is 0 Å². The predicted molar refractivity (Wildman–Crippen MR) is 57.9 cm³/mol. The van der Waals surface area contributed by atoms with Crippen molar-refractivity contribution < 1.29 is 4.79 Å². The maximum absolute atomic E-state index is 11.0. The van der Waals surface area contributed by atoms with Gasteiger partial charge in [0.05, 0.1) is 5.69 Å². The highest BCUT2D eigenvalue weighted by atomic mass is 16.1. The molecule has 0 radical (unpaired) electrons. The highest BCUT2D eigenvalue weighted by Crippen LogP contribution is 2.17. The normalized spacial score (nSPS) is 15.7. The van der Waals surface area contributed by atoms with Crippen LogP contribution in [0.5, 0.6) is 0 Å². The van der Waals surface area contributed by atoms with E-state index in [1.165, 1.54) is 12.8 Å². The zero-order chi connectivity index (χ0) is 10.7. The van der Waals surface area contributed by atoms with Crippen LogP contribution in [0.25, 0.3) is 0 Å².